The van der Waals surface area contributed by atoms with E-state index >= 15 is 0 Å². The fraction of sp³-hybridized carbons (Fsp3) is 0.800. The first kappa shape index (κ1) is 17.1. The molecule has 2 amide bonds. The molecule has 7 heteroatoms. The van der Waals surface area contributed by atoms with Crippen LogP contribution >= 0.6 is 11.8 Å². The number of aromatic nitrogens is 2. The molecule has 22 heavy (non-hydrogen) atoms. The molecule has 1 aromatic rings. The van der Waals surface area contributed by atoms with Crippen molar-refractivity contribution in [2.45, 2.75) is 63.2 Å². The molecule has 1 heterocycles. The summed E-state index contributed by atoms with van der Waals surface area (Å²) in [5.41, 5.74) is 0. The summed E-state index contributed by atoms with van der Waals surface area (Å²) < 4.78 is 5.17. The van der Waals surface area contributed by atoms with Crippen molar-refractivity contribution in [1.29, 1.82) is 0 Å². The van der Waals surface area contributed by atoms with Crippen LogP contribution in [0.5, 0.6) is 0 Å². The predicted octanol–water partition coefficient (Wildman–Crippen LogP) is 2.71. The summed E-state index contributed by atoms with van der Waals surface area (Å²) in [6.45, 7) is 4.68. The number of hydrogen-bond donors (Lipinski definition) is 2. The summed E-state index contributed by atoms with van der Waals surface area (Å²) in [6, 6.07) is 0.252. The number of amides is 2. The van der Waals surface area contributed by atoms with Crippen molar-refractivity contribution in [3.63, 3.8) is 0 Å². The number of carbonyl (C=O) groups is 1. The highest BCUT2D eigenvalue weighted by molar-refractivity contribution is 7.99. The lowest BCUT2D eigenvalue weighted by Gasteiger charge is -2.13. The monoisotopic (exact) mass is 326 g/mol. The van der Waals surface area contributed by atoms with Crippen LogP contribution in [0.1, 0.15) is 57.2 Å². The first-order valence-corrected chi connectivity index (χ1v) is 9.27. The van der Waals surface area contributed by atoms with Gasteiger partial charge in [0, 0.05) is 30.2 Å². The van der Waals surface area contributed by atoms with Gasteiger partial charge < -0.3 is 15.2 Å². The highest BCUT2D eigenvalue weighted by Gasteiger charge is 2.24. The molecule has 6 nitrogen and oxygen atoms in total. The zero-order valence-electron chi connectivity index (χ0n) is 13.6. The molecule has 2 N–H and O–H groups in total. The van der Waals surface area contributed by atoms with Crippen LogP contribution in [0.2, 0.25) is 0 Å². The fourth-order valence-corrected chi connectivity index (χ4v) is 3.36. The minimum absolute atomic E-state index is 0.0693. The number of rotatable bonds is 7. The van der Waals surface area contributed by atoms with Crippen LogP contribution in [0, 0.1) is 0 Å². The van der Waals surface area contributed by atoms with Crippen LogP contribution in [0.25, 0.3) is 0 Å². The highest BCUT2D eigenvalue weighted by Crippen LogP contribution is 2.27. The molecule has 0 spiro atoms. The first-order valence-electron chi connectivity index (χ1n) is 7.98. The van der Waals surface area contributed by atoms with Crippen LogP contribution in [0.4, 0.5) is 4.79 Å². The van der Waals surface area contributed by atoms with Crippen molar-refractivity contribution in [2.75, 3.05) is 12.8 Å². The molecule has 1 fully saturated rings. The normalized spacial score (nSPS) is 21.3. The lowest BCUT2D eigenvalue weighted by Crippen LogP contribution is -2.41. The van der Waals surface area contributed by atoms with Crippen LogP contribution in [0.3, 0.4) is 0 Å². The maximum Gasteiger partial charge on any atom is 0.315 e. The average Bonchev–Trinajstić information content (AvgIpc) is 3.12. The standard InChI is InChI=1S/C15H26N4O2S/c1-10(2)14-18-13(21-19-14)5-4-8-16-15(20)17-11-6-7-12(9-11)22-3/h10-12H,4-9H2,1-3H3,(H2,16,17,20). The van der Waals surface area contributed by atoms with Gasteiger partial charge in [-0.25, -0.2) is 4.79 Å². The van der Waals surface area contributed by atoms with E-state index in [4.69, 9.17) is 4.52 Å². The average molecular weight is 326 g/mol. The first-order chi connectivity index (χ1) is 10.6. The Bertz CT molecular complexity index is 478. The van der Waals surface area contributed by atoms with Gasteiger partial charge in [-0.1, -0.05) is 19.0 Å². The van der Waals surface area contributed by atoms with Crippen molar-refractivity contribution < 1.29 is 9.32 Å². The molecule has 0 radical (unpaired) electrons. The molecular weight excluding hydrogens is 300 g/mol. The van der Waals surface area contributed by atoms with Crippen molar-refractivity contribution in [3.05, 3.63) is 11.7 Å². The number of aryl methyl sites for hydroxylation is 1. The predicted molar refractivity (Wildman–Crippen MR) is 88.2 cm³/mol. The van der Waals surface area contributed by atoms with Crippen LogP contribution in [-0.4, -0.2) is 40.3 Å². The number of nitrogens with one attached hydrogen (secondary N) is 2. The van der Waals surface area contributed by atoms with Gasteiger partial charge in [0.25, 0.3) is 0 Å². The molecule has 0 aliphatic heterocycles. The molecule has 0 aromatic carbocycles. The van der Waals surface area contributed by atoms with Gasteiger partial charge in [0.05, 0.1) is 0 Å². The largest absolute Gasteiger partial charge is 0.339 e. The molecule has 1 aliphatic carbocycles. The minimum atomic E-state index is -0.0693. The Hall–Kier alpha value is -1.24. The zero-order valence-corrected chi connectivity index (χ0v) is 14.4. The summed E-state index contributed by atoms with van der Waals surface area (Å²) in [6.07, 6.45) is 6.98. The van der Waals surface area contributed by atoms with E-state index in [1.165, 1.54) is 6.42 Å². The molecule has 0 saturated heterocycles. The van der Waals surface area contributed by atoms with Gasteiger partial charge in [-0.3, -0.25) is 0 Å². The van der Waals surface area contributed by atoms with E-state index in [1.807, 2.05) is 25.6 Å². The second kappa shape index (κ2) is 8.41. The number of thioether (sulfide) groups is 1. The summed E-state index contributed by atoms with van der Waals surface area (Å²) in [4.78, 5) is 16.1. The SMILES string of the molecule is CSC1CCC(NC(=O)NCCCc2nc(C(C)C)no2)C1. The Morgan fingerprint density at radius 2 is 2.27 bits per heavy atom. The highest BCUT2D eigenvalue weighted by atomic mass is 32.2. The van der Waals surface area contributed by atoms with Crippen LogP contribution in [0.15, 0.2) is 4.52 Å². The summed E-state index contributed by atoms with van der Waals surface area (Å²) >= 11 is 1.89. The maximum absolute atomic E-state index is 11.8. The van der Waals surface area contributed by atoms with E-state index in [2.05, 4.69) is 27.0 Å². The topological polar surface area (TPSA) is 80.0 Å². The number of hydrogen-bond acceptors (Lipinski definition) is 5. The molecule has 1 aliphatic rings. The second-order valence-electron chi connectivity index (χ2n) is 6.07. The van der Waals surface area contributed by atoms with Crippen molar-refractivity contribution >= 4 is 17.8 Å². The third-order valence-corrected chi connectivity index (χ3v) is 5.00. The van der Waals surface area contributed by atoms with Crippen molar-refractivity contribution in [2.24, 2.45) is 0 Å². The van der Waals surface area contributed by atoms with Gasteiger partial charge in [-0.15, -0.1) is 0 Å². The molecule has 2 atom stereocenters. The summed E-state index contributed by atoms with van der Waals surface area (Å²) in [5.74, 6) is 1.66. The van der Waals surface area contributed by atoms with E-state index in [9.17, 15) is 4.79 Å². The van der Waals surface area contributed by atoms with Crippen LogP contribution < -0.4 is 10.6 Å². The molecule has 0 bridgehead atoms. The van der Waals surface area contributed by atoms with Crippen LogP contribution in [-0.2, 0) is 6.42 Å². The van der Waals surface area contributed by atoms with E-state index in [0.717, 1.165) is 25.1 Å². The smallest absolute Gasteiger partial charge is 0.315 e. The molecule has 1 saturated carbocycles. The number of urea groups is 1. The minimum Gasteiger partial charge on any atom is -0.339 e. The van der Waals surface area contributed by atoms with Gasteiger partial charge in [0.1, 0.15) is 0 Å². The van der Waals surface area contributed by atoms with Crippen molar-refractivity contribution in [3.8, 4) is 0 Å². The molecule has 2 unspecified atom stereocenters. The van der Waals surface area contributed by atoms with E-state index < -0.39 is 0 Å². The third kappa shape index (κ3) is 5.19. The number of nitrogens with zero attached hydrogens (tertiary/aromatic N) is 2. The Morgan fingerprint density at radius 1 is 1.45 bits per heavy atom. The van der Waals surface area contributed by atoms with Gasteiger partial charge in [-0.05, 0) is 31.9 Å². The lowest BCUT2D eigenvalue weighted by molar-refractivity contribution is 0.237. The Balaban J connectivity index is 1.59. The summed E-state index contributed by atoms with van der Waals surface area (Å²) in [5, 5.41) is 10.6. The lowest BCUT2D eigenvalue weighted by atomic mass is 10.2. The second-order valence-corrected chi connectivity index (χ2v) is 7.21. The van der Waals surface area contributed by atoms with Gasteiger partial charge in [0.2, 0.25) is 5.89 Å². The quantitative estimate of drug-likeness (QED) is 0.753. The Morgan fingerprint density at radius 3 is 2.91 bits per heavy atom. The maximum atomic E-state index is 11.8. The van der Waals surface area contributed by atoms with E-state index in [0.29, 0.717) is 30.1 Å². The fourth-order valence-electron chi connectivity index (χ4n) is 2.57. The van der Waals surface area contributed by atoms with E-state index in [-0.39, 0.29) is 11.9 Å². The van der Waals surface area contributed by atoms with Crippen molar-refractivity contribution in [1.82, 2.24) is 20.8 Å². The summed E-state index contributed by atoms with van der Waals surface area (Å²) in [7, 11) is 0. The van der Waals surface area contributed by atoms with E-state index in [1.54, 1.807) is 0 Å². The van der Waals surface area contributed by atoms with Gasteiger partial charge in [-0.2, -0.15) is 16.7 Å². The Kier molecular flexibility index (Phi) is 6.54. The third-order valence-electron chi connectivity index (χ3n) is 3.91. The molecular formula is C15H26N4O2S. The van der Waals surface area contributed by atoms with Gasteiger partial charge in [0.15, 0.2) is 5.82 Å². The number of carbonyl (C=O) groups excluding carboxylic acids is 1. The molecule has 124 valence electrons. The molecule has 2 rings (SSSR count). The van der Waals surface area contributed by atoms with Gasteiger partial charge >= 0.3 is 6.03 Å². The Labute approximate surface area is 136 Å². The zero-order chi connectivity index (χ0) is 15.9. The molecule has 1 aromatic heterocycles.